The third-order valence-electron chi connectivity index (χ3n) is 3.83. The van der Waals surface area contributed by atoms with Crippen LogP contribution in [0.4, 0.5) is 0 Å². The van der Waals surface area contributed by atoms with Crippen molar-refractivity contribution >= 4 is 0 Å². The second-order valence-electron chi connectivity index (χ2n) is 5.33. The molecule has 23 heavy (non-hydrogen) atoms. The van der Waals surface area contributed by atoms with E-state index < -0.39 is 0 Å². The van der Waals surface area contributed by atoms with E-state index in [0.717, 1.165) is 41.7 Å². The molecule has 0 radical (unpaired) electrons. The van der Waals surface area contributed by atoms with Crippen molar-refractivity contribution in [3.05, 3.63) is 53.1 Å². The van der Waals surface area contributed by atoms with Crippen LogP contribution in [-0.4, -0.2) is 6.61 Å². The largest absolute Gasteiger partial charge is 0.494 e. The van der Waals surface area contributed by atoms with Crippen LogP contribution in [0, 0.1) is 22.7 Å². The molecule has 0 amide bonds. The number of nitriles is 2. The third-order valence-corrected chi connectivity index (χ3v) is 3.83. The van der Waals surface area contributed by atoms with E-state index in [1.807, 2.05) is 43.3 Å². The number of hydrogen-bond donors (Lipinski definition) is 0. The quantitative estimate of drug-likeness (QED) is 0.718. The van der Waals surface area contributed by atoms with Crippen molar-refractivity contribution in [3.63, 3.8) is 0 Å². The van der Waals surface area contributed by atoms with E-state index in [4.69, 9.17) is 4.74 Å². The van der Waals surface area contributed by atoms with Crippen LogP contribution in [0.1, 0.15) is 43.4 Å². The van der Waals surface area contributed by atoms with Gasteiger partial charge >= 0.3 is 0 Å². The molecule has 0 atom stereocenters. The van der Waals surface area contributed by atoms with Gasteiger partial charge in [-0.25, -0.2) is 0 Å². The molecule has 3 nitrogen and oxygen atoms in total. The Bertz CT molecular complexity index is 749. The number of nitrogens with zero attached hydrogens (tertiary/aromatic N) is 2. The standard InChI is InChI=1S/C20H20N2O/c1-3-5-12-23-17-9-6-16(7-10-17)18-11-8-15(4-2)19(13-21)20(18)14-22/h6-11H,3-5,12H2,1-2H3. The van der Waals surface area contributed by atoms with Gasteiger partial charge in [0, 0.05) is 5.56 Å². The fraction of sp³-hybridized carbons (Fsp3) is 0.300. The van der Waals surface area contributed by atoms with Crippen LogP contribution in [-0.2, 0) is 6.42 Å². The fourth-order valence-corrected chi connectivity index (χ4v) is 2.49. The molecule has 0 unspecified atom stereocenters. The first-order valence-corrected chi connectivity index (χ1v) is 7.94. The van der Waals surface area contributed by atoms with E-state index in [1.165, 1.54) is 0 Å². The number of unbranched alkanes of at least 4 members (excludes halogenated alkanes) is 1. The fourth-order valence-electron chi connectivity index (χ4n) is 2.49. The Hall–Kier alpha value is -2.78. The predicted octanol–water partition coefficient (Wildman–Crippen LogP) is 4.84. The molecule has 0 aliphatic heterocycles. The predicted molar refractivity (Wildman–Crippen MR) is 91.1 cm³/mol. The van der Waals surface area contributed by atoms with E-state index in [2.05, 4.69) is 19.1 Å². The maximum Gasteiger partial charge on any atom is 0.119 e. The minimum Gasteiger partial charge on any atom is -0.494 e. The second-order valence-corrected chi connectivity index (χ2v) is 5.33. The first-order valence-electron chi connectivity index (χ1n) is 7.94. The summed E-state index contributed by atoms with van der Waals surface area (Å²) in [6, 6.07) is 15.9. The van der Waals surface area contributed by atoms with Gasteiger partial charge in [-0.3, -0.25) is 0 Å². The van der Waals surface area contributed by atoms with Crippen molar-refractivity contribution in [2.45, 2.75) is 33.1 Å². The first kappa shape index (κ1) is 16.6. The smallest absolute Gasteiger partial charge is 0.119 e. The summed E-state index contributed by atoms with van der Waals surface area (Å²) < 4.78 is 5.66. The summed E-state index contributed by atoms with van der Waals surface area (Å²) >= 11 is 0. The average molecular weight is 304 g/mol. The lowest BCUT2D eigenvalue weighted by Gasteiger charge is -2.10. The van der Waals surface area contributed by atoms with Crippen LogP contribution >= 0.6 is 0 Å². The Balaban J connectivity index is 2.36. The van der Waals surface area contributed by atoms with Crippen LogP contribution in [0.5, 0.6) is 5.75 Å². The molecule has 2 aromatic rings. The zero-order valence-corrected chi connectivity index (χ0v) is 13.6. The summed E-state index contributed by atoms with van der Waals surface area (Å²) in [6.45, 7) is 4.82. The van der Waals surface area contributed by atoms with Crippen molar-refractivity contribution in [2.75, 3.05) is 6.61 Å². The summed E-state index contributed by atoms with van der Waals surface area (Å²) in [4.78, 5) is 0. The Morgan fingerprint density at radius 1 is 0.913 bits per heavy atom. The topological polar surface area (TPSA) is 56.8 Å². The van der Waals surface area contributed by atoms with Crippen LogP contribution in [0.3, 0.4) is 0 Å². The van der Waals surface area contributed by atoms with Crippen LogP contribution in [0.25, 0.3) is 11.1 Å². The van der Waals surface area contributed by atoms with Crippen molar-refractivity contribution in [2.24, 2.45) is 0 Å². The van der Waals surface area contributed by atoms with E-state index in [9.17, 15) is 10.5 Å². The van der Waals surface area contributed by atoms with E-state index >= 15 is 0 Å². The van der Waals surface area contributed by atoms with Crippen LogP contribution in [0.2, 0.25) is 0 Å². The maximum absolute atomic E-state index is 9.48. The van der Waals surface area contributed by atoms with E-state index in [0.29, 0.717) is 17.7 Å². The van der Waals surface area contributed by atoms with Gasteiger partial charge in [0.15, 0.2) is 0 Å². The number of aryl methyl sites for hydroxylation is 1. The van der Waals surface area contributed by atoms with Crippen molar-refractivity contribution in [1.29, 1.82) is 10.5 Å². The molecule has 0 fully saturated rings. The molecular weight excluding hydrogens is 284 g/mol. The van der Waals surface area contributed by atoms with Gasteiger partial charge in [-0.2, -0.15) is 10.5 Å². The highest BCUT2D eigenvalue weighted by molar-refractivity contribution is 5.75. The Morgan fingerprint density at radius 2 is 1.61 bits per heavy atom. The van der Waals surface area contributed by atoms with Gasteiger partial charge in [0.1, 0.15) is 17.9 Å². The van der Waals surface area contributed by atoms with Gasteiger partial charge in [0.2, 0.25) is 0 Å². The number of rotatable bonds is 6. The summed E-state index contributed by atoms with van der Waals surface area (Å²) in [5.41, 5.74) is 3.56. The summed E-state index contributed by atoms with van der Waals surface area (Å²) in [5.74, 6) is 0.825. The average Bonchev–Trinajstić information content (AvgIpc) is 2.61. The molecule has 0 aliphatic rings. The zero-order valence-electron chi connectivity index (χ0n) is 13.6. The lowest BCUT2D eigenvalue weighted by Crippen LogP contribution is -1.97. The van der Waals surface area contributed by atoms with Crippen molar-refractivity contribution in [1.82, 2.24) is 0 Å². The Morgan fingerprint density at radius 3 is 2.17 bits per heavy atom. The number of benzene rings is 2. The molecule has 0 aliphatic carbocycles. The molecule has 0 heterocycles. The highest BCUT2D eigenvalue weighted by Gasteiger charge is 2.13. The molecule has 0 aromatic heterocycles. The monoisotopic (exact) mass is 304 g/mol. The SMILES string of the molecule is CCCCOc1ccc(-c2ccc(CC)c(C#N)c2C#N)cc1. The number of hydrogen-bond acceptors (Lipinski definition) is 3. The van der Waals surface area contributed by atoms with Gasteiger partial charge < -0.3 is 4.74 Å². The van der Waals surface area contributed by atoms with Crippen LogP contribution in [0.15, 0.2) is 36.4 Å². The Labute approximate surface area is 137 Å². The molecule has 0 saturated heterocycles. The molecule has 0 bridgehead atoms. The van der Waals surface area contributed by atoms with Gasteiger partial charge in [-0.1, -0.05) is 44.5 Å². The second kappa shape index (κ2) is 8.01. The summed E-state index contributed by atoms with van der Waals surface area (Å²) in [5, 5.41) is 18.9. The maximum atomic E-state index is 9.48. The van der Waals surface area contributed by atoms with E-state index in [-0.39, 0.29) is 0 Å². The molecule has 2 aromatic carbocycles. The van der Waals surface area contributed by atoms with Gasteiger partial charge in [-0.05, 0) is 36.1 Å². The first-order chi connectivity index (χ1) is 11.2. The molecule has 2 rings (SSSR count). The van der Waals surface area contributed by atoms with Gasteiger partial charge in [-0.15, -0.1) is 0 Å². The minimum absolute atomic E-state index is 0.450. The van der Waals surface area contributed by atoms with Crippen LogP contribution < -0.4 is 4.74 Å². The number of ether oxygens (including phenoxy) is 1. The summed E-state index contributed by atoms with van der Waals surface area (Å²) in [7, 11) is 0. The normalized spacial score (nSPS) is 9.91. The third kappa shape index (κ3) is 3.71. The lowest BCUT2D eigenvalue weighted by atomic mass is 9.92. The molecule has 116 valence electrons. The highest BCUT2D eigenvalue weighted by Crippen LogP contribution is 2.29. The lowest BCUT2D eigenvalue weighted by molar-refractivity contribution is 0.309. The highest BCUT2D eigenvalue weighted by atomic mass is 16.5. The molecule has 0 spiro atoms. The molecular formula is C20H20N2O. The Kier molecular flexibility index (Phi) is 5.78. The van der Waals surface area contributed by atoms with Gasteiger partial charge in [0.05, 0.1) is 17.7 Å². The van der Waals surface area contributed by atoms with E-state index in [1.54, 1.807) is 0 Å². The van der Waals surface area contributed by atoms with Crippen molar-refractivity contribution < 1.29 is 4.74 Å². The molecule has 0 saturated carbocycles. The summed E-state index contributed by atoms with van der Waals surface area (Å²) in [6.07, 6.45) is 2.87. The van der Waals surface area contributed by atoms with Gasteiger partial charge in [0.25, 0.3) is 0 Å². The van der Waals surface area contributed by atoms with Crippen molar-refractivity contribution in [3.8, 4) is 29.0 Å². The zero-order chi connectivity index (χ0) is 16.7. The minimum atomic E-state index is 0.450. The molecule has 0 N–H and O–H groups in total. The molecule has 3 heteroatoms.